The highest BCUT2D eigenvalue weighted by molar-refractivity contribution is 6.07. The summed E-state index contributed by atoms with van der Waals surface area (Å²) in [4.78, 5) is 18.4. The van der Waals surface area contributed by atoms with Crippen molar-refractivity contribution in [3.63, 3.8) is 0 Å². The van der Waals surface area contributed by atoms with Crippen molar-refractivity contribution in [2.45, 2.75) is 52.5 Å². The summed E-state index contributed by atoms with van der Waals surface area (Å²) in [5, 5.41) is 8.56. The number of nitrogens with zero attached hydrogens (tertiary/aromatic N) is 3. The second-order valence-corrected chi connectivity index (χ2v) is 8.78. The molecule has 0 saturated heterocycles. The van der Waals surface area contributed by atoms with E-state index in [1.807, 2.05) is 50.5 Å². The summed E-state index contributed by atoms with van der Waals surface area (Å²) in [6.45, 7) is 8.50. The van der Waals surface area contributed by atoms with Gasteiger partial charge in [0.05, 0.1) is 28.5 Å². The smallest absolute Gasteiger partial charge is 0.252 e. The number of carbonyl (C=O) groups is 1. The first-order valence-corrected chi connectivity index (χ1v) is 11.7. The van der Waals surface area contributed by atoms with E-state index in [9.17, 15) is 4.79 Å². The Bertz CT molecular complexity index is 1270. The van der Waals surface area contributed by atoms with Crippen molar-refractivity contribution in [1.82, 2.24) is 20.1 Å². The Hall–Kier alpha value is -3.47. The van der Waals surface area contributed by atoms with Gasteiger partial charge in [-0.15, -0.1) is 0 Å². The molecular formula is C28H32N4O. The highest BCUT2D eigenvalue weighted by Gasteiger charge is 2.19. The molecule has 2 unspecified atom stereocenters. The van der Waals surface area contributed by atoms with Gasteiger partial charge < -0.3 is 5.32 Å². The molecule has 0 saturated carbocycles. The summed E-state index contributed by atoms with van der Waals surface area (Å²) in [5.74, 6) is 0.445. The topological polar surface area (TPSA) is 59.8 Å². The van der Waals surface area contributed by atoms with Crippen LogP contribution >= 0.6 is 0 Å². The number of aromatic nitrogens is 3. The molecule has 2 aromatic heterocycles. The quantitative estimate of drug-likeness (QED) is 0.365. The summed E-state index contributed by atoms with van der Waals surface area (Å²) in [7, 11) is 1.89. The second-order valence-electron chi connectivity index (χ2n) is 8.78. The van der Waals surface area contributed by atoms with E-state index in [1.165, 1.54) is 5.56 Å². The number of fused-ring (bicyclic) bond motifs is 1. The maximum atomic E-state index is 13.5. The van der Waals surface area contributed by atoms with Gasteiger partial charge in [0.25, 0.3) is 5.91 Å². The van der Waals surface area contributed by atoms with Crippen LogP contribution in [0.5, 0.6) is 0 Å². The van der Waals surface area contributed by atoms with Crippen LogP contribution in [0.3, 0.4) is 0 Å². The minimum atomic E-state index is -0.0887. The lowest BCUT2D eigenvalue weighted by Crippen LogP contribution is -2.28. The molecule has 0 bridgehead atoms. The van der Waals surface area contributed by atoms with Crippen LogP contribution in [0.25, 0.3) is 22.2 Å². The van der Waals surface area contributed by atoms with Crippen molar-refractivity contribution in [3.05, 3.63) is 83.2 Å². The van der Waals surface area contributed by atoms with Crippen molar-refractivity contribution in [1.29, 1.82) is 0 Å². The van der Waals surface area contributed by atoms with Crippen LogP contribution in [0.2, 0.25) is 0 Å². The molecule has 0 aliphatic heterocycles. The molecule has 0 aliphatic carbocycles. The van der Waals surface area contributed by atoms with E-state index in [0.717, 1.165) is 46.3 Å². The molecule has 0 aliphatic rings. The van der Waals surface area contributed by atoms with Gasteiger partial charge in [-0.05, 0) is 48.9 Å². The number of hydrogen-bond donors (Lipinski definition) is 1. The van der Waals surface area contributed by atoms with Gasteiger partial charge in [-0.2, -0.15) is 5.10 Å². The molecule has 4 aromatic rings. The van der Waals surface area contributed by atoms with Gasteiger partial charge in [-0.1, -0.05) is 63.2 Å². The van der Waals surface area contributed by atoms with E-state index in [2.05, 4.69) is 55.5 Å². The first-order valence-electron chi connectivity index (χ1n) is 11.7. The molecule has 4 rings (SSSR count). The van der Waals surface area contributed by atoms with E-state index in [0.29, 0.717) is 11.5 Å². The third-order valence-corrected chi connectivity index (χ3v) is 6.48. The first kappa shape index (κ1) is 22.7. The van der Waals surface area contributed by atoms with Crippen molar-refractivity contribution >= 4 is 16.8 Å². The minimum absolute atomic E-state index is 0.0565. The molecule has 2 atom stereocenters. The number of nitrogens with one attached hydrogen (secondary N) is 1. The Morgan fingerprint density at radius 2 is 1.73 bits per heavy atom. The molecule has 1 amide bonds. The third kappa shape index (κ3) is 4.68. The summed E-state index contributed by atoms with van der Waals surface area (Å²) in [5.41, 5.74) is 6.47. The highest BCUT2D eigenvalue weighted by atomic mass is 16.1. The fourth-order valence-corrected chi connectivity index (χ4v) is 4.30. The molecule has 0 radical (unpaired) electrons. The minimum Gasteiger partial charge on any atom is -0.345 e. The number of benzene rings is 2. The molecule has 0 fully saturated rings. The van der Waals surface area contributed by atoms with Gasteiger partial charge in [0.15, 0.2) is 0 Å². The van der Waals surface area contributed by atoms with Crippen LogP contribution < -0.4 is 5.32 Å². The Morgan fingerprint density at radius 3 is 2.36 bits per heavy atom. The number of carbonyl (C=O) groups excluding carboxylic acids is 1. The van der Waals surface area contributed by atoms with Crippen LogP contribution in [-0.2, 0) is 7.05 Å². The Kier molecular flexibility index (Phi) is 6.59. The summed E-state index contributed by atoms with van der Waals surface area (Å²) in [6.07, 6.45) is 3.87. The average Bonchev–Trinajstić information content (AvgIpc) is 3.18. The molecule has 170 valence electrons. The van der Waals surface area contributed by atoms with Crippen LogP contribution in [0.4, 0.5) is 0 Å². The molecule has 5 heteroatoms. The van der Waals surface area contributed by atoms with Crippen LogP contribution in [0, 0.1) is 6.92 Å². The number of para-hydroxylation sites is 1. The zero-order valence-corrected chi connectivity index (χ0v) is 20.1. The summed E-state index contributed by atoms with van der Waals surface area (Å²) >= 11 is 0. The van der Waals surface area contributed by atoms with Gasteiger partial charge >= 0.3 is 0 Å². The van der Waals surface area contributed by atoms with Crippen LogP contribution in [0.1, 0.15) is 72.8 Å². The van der Waals surface area contributed by atoms with E-state index in [1.54, 1.807) is 4.68 Å². The number of aryl methyl sites for hydroxylation is 2. The molecular weight excluding hydrogens is 408 g/mol. The maximum Gasteiger partial charge on any atom is 0.252 e. The largest absolute Gasteiger partial charge is 0.345 e. The van der Waals surface area contributed by atoms with E-state index >= 15 is 0 Å². The van der Waals surface area contributed by atoms with E-state index in [4.69, 9.17) is 4.98 Å². The van der Waals surface area contributed by atoms with Gasteiger partial charge in [0.2, 0.25) is 0 Å². The third-order valence-electron chi connectivity index (χ3n) is 6.48. The van der Waals surface area contributed by atoms with Gasteiger partial charge in [0.1, 0.15) is 0 Å². The number of hydrogen-bond acceptors (Lipinski definition) is 3. The summed E-state index contributed by atoms with van der Waals surface area (Å²) in [6, 6.07) is 18.3. The van der Waals surface area contributed by atoms with Gasteiger partial charge in [0, 0.05) is 24.2 Å². The van der Waals surface area contributed by atoms with Gasteiger partial charge in [-0.3, -0.25) is 9.48 Å². The van der Waals surface area contributed by atoms with Crippen molar-refractivity contribution in [3.8, 4) is 11.3 Å². The highest BCUT2D eigenvalue weighted by Crippen LogP contribution is 2.28. The zero-order valence-electron chi connectivity index (χ0n) is 20.1. The monoisotopic (exact) mass is 440 g/mol. The zero-order chi connectivity index (χ0) is 23.5. The van der Waals surface area contributed by atoms with Crippen molar-refractivity contribution in [2.75, 3.05) is 0 Å². The standard InChI is InChI=1S/C28H32N4O/c1-6-18(3)20-12-14-21(15-13-20)25(7-2)30-28(33)23-16-27(24-17-32(5)31-19(24)4)29-26-11-9-8-10-22(23)26/h8-18,25H,6-7H2,1-5H3,(H,30,33). The molecule has 0 spiro atoms. The van der Waals surface area contributed by atoms with Crippen LogP contribution in [0.15, 0.2) is 60.8 Å². The average molecular weight is 441 g/mol. The second kappa shape index (κ2) is 9.57. The normalized spacial score (nSPS) is 13.1. The first-order chi connectivity index (χ1) is 15.9. The lowest BCUT2D eigenvalue weighted by molar-refractivity contribution is 0.0937. The Labute approximate surface area is 195 Å². The number of rotatable bonds is 7. The van der Waals surface area contributed by atoms with E-state index in [-0.39, 0.29) is 11.9 Å². The fraction of sp³-hybridized carbons (Fsp3) is 0.321. The molecule has 33 heavy (non-hydrogen) atoms. The van der Waals surface area contributed by atoms with Crippen molar-refractivity contribution in [2.24, 2.45) is 7.05 Å². The molecule has 2 heterocycles. The Balaban J connectivity index is 1.69. The molecule has 1 N–H and O–H groups in total. The lowest BCUT2D eigenvalue weighted by Gasteiger charge is -2.19. The predicted molar refractivity (Wildman–Crippen MR) is 134 cm³/mol. The molecule has 2 aromatic carbocycles. The number of pyridine rings is 1. The lowest BCUT2D eigenvalue weighted by atomic mass is 9.95. The molecule has 5 nitrogen and oxygen atoms in total. The Morgan fingerprint density at radius 1 is 1.03 bits per heavy atom. The van der Waals surface area contributed by atoms with Crippen LogP contribution in [-0.4, -0.2) is 20.7 Å². The van der Waals surface area contributed by atoms with Gasteiger partial charge in [-0.25, -0.2) is 4.98 Å². The predicted octanol–water partition coefficient (Wildman–Crippen LogP) is 6.34. The fourth-order valence-electron chi connectivity index (χ4n) is 4.30. The SMILES string of the molecule is CCC(C)c1ccc(C(CC)NC(=O)c2cc(-c3cn(C)nc3C)nc3ccccc23)cc1. The number of amides is 1. The maximum absolute atomic E-state index is 13.5. The summed E-state index contributed by atoms with van der Waals surface area (Å²) < 4.78 is 1.78. The van der Waals surface area contributed by atoms with E-state index < -0.39 is 0 Å². The van der Waals surface area contributed by atoms with Crippen molar-refractivity contribution < 1.29 is 4.79 Å².